The molecule has 2 aromatic rings. The van der Waals surface area contributed by atoms with Crippen molar-refractivity contribution in [2.45, 2.75) is 57.9 Å². The molecule has 114 valence electrons. The van der Waals surface area contributed by atoms with Gasteiger partial charge in [0.2, 0.25) is 5.89 Å². The zero-order chi connectivity index (χ0) is 14.7. The minimum absolute atomic E-state index is 0.371. The fourth-order valence-electron chi connectivity index (χ4n) is 2.94. The molecule has 0 aromatic carbocycles. The largest absolute Gasteiger partial charge is 0.339 e. The molecule has 1 fully saturated rings. The first-order valence-electron chi connectivity index (χ1n) is 7.73. The Kier molecular flexibility index (Phi) is 4.65. The Balaban J connectivity index is 1.66. The third-order valence-electron chi connectivity index (χ3n) is 3.95. The lowest BCUT2D eigenvalue weighted by molar-refractivity contribution is 0.328. The summed E-state index contributed by atoms with van der Waals surface area (Å²) in [6.45, 7) is 5.25. The molecule has 0 amide bonds. The molecule has 2 aromatic heterocycles. The van der Waals surface area contributed by atoms with E-state index in [0.29, 0.717) is 18.4 Å². The summed E-state index contributed by atoms with van der Waals surface area (Å²) in [5.74, 6) is 1.92. The van der Waals surface area contributed by atoms with Gasteiger partial charge in [-0.3, -0.25) is 0 Å². The summed E-state index contributed by atoms with van der Waals surface area (Å²) in [4.78, 5) is 9.06. The molecule has 1 saturated carbocycles. The summed E-state index contributed by atoms with van der Waals surface area (Å²) in [6.07, 6.45) is 5.40. The highest BCUT2D eigenvalue weighted by Crippen LogP contribution is 2.33. The Morgan fingerprint density at radius 1 is 1.38 bits per heavy atom. The van der Waals surface area contributed by atoms with Crippen LogP contribution in [0.4, 0.5) is 0 Å². The predicted octanol–water partition coefficient (Wildman–Crippen LogP) is 3.06. The molecule has 3 rings (SSSR count). The minimum atomic E-state index is 0.371. The Hall–Kier alpha value is -1.27. The molecule has 1 aliphatic rings. The molecule has 21 heavy (non-hydrogen) atoms. The van der Waals surface area contributed by atoms with Crippen molar-refractivity contribution in [2.24, 2.45) is 0 Å². The Bertz CT molecular complexity index is 580. The van der Waals surface area contributed by atoms with E-state index in [1.54, 1.807) is 11.3 Å². The van der Waals surface area contributed by atoms with Crippen molar-refractivity contribution in [3.63, 3.8) is 0 Å². The van der Waals surface area contributed by atoms with Crippen LogP contribution in [0.15, 0.2) is 9.90 Å². The second-order valence-corrected chi connectivity index (χ2v) is 6.65. The zero-order valence-corrected chi connectivity index (χ0v) is 13.4. The molecule has 0 aliphatic heterocycles. The van der Waals surface area contributed by atoms with Crippen LogP contribution in [0.2, 0.25) is 0 Å². The van der Waals surface area contributed by atoms with Crippen molar-refractivity contribution in [2.75, 3.05) is 6.54 Å². The van der Waals surface area contributed by atoms with Crippen LogP contribution in [0.3, 0.4) is 0 Å². The fraction of sp³-hybridized carbons (Fsp3) is 0.667. The first-order valence-corrected chi connectivity index (χ1v) is 8.61. The second-order valence-electron chi connectivity index (χ2n) is 5.71. The highest BCUT2D eigenvalue weighted by Gasteiger charge is 2.32. The average Bonchev–Trinajstić information content (AvgIpc) is 3.18. The van der Waals surface area contributed by atoms with E-state index in [1.807, 2.05) is 6.92 Å². The van der Waals surface area contributed by atoms with Crippen LogP contribution in [0.1, 0.15) is 60.9 Å². The van der Waals surface area contributed by atoms with Gasteiger partial charge in [0.1, 0.15) is 5.01 Å². The van der Waals surface area contributed by atoms with E-state index < -0.39 is 0 Å². The van der Waals surface area contributed by atoms with Gasteiger partial charge in [0.25, 0.3) is 0 Å². The lowest BCUT2D eigenvalue weighted by Gasteiger charge is -2.17. The van der Waals surface area contributed by atoms with Crippen LogP contribution in [0, 0.1) is 6.92 Å². The normalized spacial score (nSPS) is 22.0. The van der Waals surface area contributed by atoms with Crippen molar-refractivity contribution in [3.8, 4) is 0 Å². The van der Waals surface area contributed by atoms with Crippen LogP contribution in [0.5, 0.6) is 0 Å². The quantitative estimate of drug-likeness (QED) is 0.888. The van der Waals surface area contributed by atoms with Crippen molar-refractivity contribution in [3.05, 3.63) is 27.8 Å². The molecule has 2 atom stereocenters. The maximum Gasteiger partial charge on any atom is 0.231 e. The van der Waals surface area contributed by atoms with E-state index in [0.717, 1.165) is 41.8 Å². The van der Waals surface area contributed by atoms with Gasteiger partial charge >= 0.3 is 0 Å². The number of hydrogen-bond acceptors (Lipinski definition) is 6. The fourth-order valence-corrected chi connectivity index (χ4v) is 3.71. The third kappa shape index (κ3) is 3.49. The lowest BCUT2D eigenvalue weighted by atomic mass is 10.0. The Morgan fingerprint density at radius 2 is 2.29 bits per heavy atom. The number of hydrogen-bond donors (Lipinski definition) is 1. The third-order valence-corrected chi connectivity index (χ3v) is 4.92. The number of aromatic nitrogens is 3. The highest BCUT2D eigenvalue weighted by atomic mass is 32.1. The van der Waals surface area contributed by atoms with Crippen LogP contribution >= 0.6 is 11.3 Å². The molecule has 1 aliphatic carbocycles. The molecular weight excluding hydrogens is 284 g/mol. The molecule has 5 nitrogen and oxygen atoms in total. The van der Waals surface area contributed by atoms with Gasteiger partial charge in [-0.2, -0.15) is 4.98 Å². The van der Waals surface area contributed by atoms with E-state index in [4.69, 9.17) is 4.52 Å². The number of rotatable bonds is 6. The number of nitrogens with one attached hydrogen (secondary N) is 1. The summed E-state index contributed by atoms with van der Waals surface area (Å²) in [5, 5.41) is 10.8. The highest BCUT2D eigenvalue weighted by molar-refractivity contribution is 7.09. The van der Waals surface area contributed by atoms with Gasteiger partial charge in [-0.05, 0) is 32.7 Å². The molecule has 0 radical (unpaired) electrons. The Labute approximate surface area is 129 Å². The summed E-state index contributed by atoms with van der Waals surface area (Å²) in [7, 11) is 0. The first kappa shape index (κ1) is 14.7. The molecule has 2 unspecified atom stereocenters. The number of aryl methyl sites for hydroxylation is 1. The molecule has 2 heterocycles. The van der Waals surface area contributed by atoms with E-state index in [9.17, 15) is 0 Å². The van der Waals surface area contributed by atoms with E-state index in [2.05, 4.69) is 32.7 Å². The zero-order valence-electron chi connectivity index (χ0n) is 12.6. The summed E-state index contributed by atoms with van der Waals surface area (Å²) >= 11 is 1.65. The van der Waals surface area contributed by atoms with Crippen molar-refractivity contribution >= 4 is 11.3 Å². The van der Waals surface area contributed by atoms with Gasteiger partial charge in [0.05, 0.1) is 12.3 Å². The molecule has 0 saturated heterocycles. The number of nitrogens with zero attached hydrogens (tertiary/aromatic N) is 3. The van der Waals surface area contributed by atoms with Crippen molar-refractivity contribution in [1.29, 1.82) is 0 Å². The summed E-state index contributed by atoms with van der Waals surface area (Å²) in [6, 6.07) is 0.486. The molecule has 0 bridgehead atoms. The van der Waals surface area contributed by atoms with Crippen LogP contribution in [-0.4, -0.2) is 27.7 Å². The van der Waals surface area contributed by atoms with E-state index in [-0.39, 0.29) is 0 Å². The van der Waals surface area contributed by atoms with Crippen LogP contribution in [-0.2, 0) is 6.42 Å². The maximum atomic E-state index is 5.51. The maximum absolute atomic E-state index is 5.51. The number of thiazole rings is 1. The molecule has 1 N–H and O–H groups in total. The Morgan fingerprint density at radius 3 is 3.05 bits per heavy atom. The van der Waals surface area contributed by atoms with Gasteiger partial charge < -0.3 is 9.84 Å². The molecular formula is C15H22N4OS. The standard InChI is InChI=1S/C15H22N4OS/c1-3-7-16-12-6-4-5-11(12)15-18-13(19-20-15)8-14-17-10(2)9-21-14/h9,11-12,16H,3-8H2,1-2H3. The predicted molar refractivity (Wildman–Crippen MR) is 82.6 cm³/mol. The first-order chi connectivity index (χ1) is 10.3. The summed E-state index contributed by atoms with van der Waals surface area (Å²) < 4.78 is 5.51. The topological polar surface area (TPSA) is 63.8 Å². The van der Waals surface area contributed by atoms with E-state index >= 15 is 0 Å². The average molecular weight is 306 g/mol. The van der Waals surface area contributed by atoms with E-state index in [1.165, 1.54) is 12.8 Å². The van der Waals surface area contributed by atoms with Crippen LogP contribution < -0.4 is 5.32 Å². The lowest BCUT2D eigenvalue weighted by Crippen LogP contribution is -2.31. The van der Waals surface area contributed by atoms with Gasteiger partial charge in [-0.25, -0.2) is 4.98 Å². The second kappa shape index (κ2) is 6.66. The van der Waals surface area contributed by atoms with Crippen LogP contribution in [0.25, 0.3) is 0 Å². The molecule has 6 heteroatoms. The summed E-state index contributed by atoms with van der Waals surface area (Å²) in [5.41, 5.74) is 1.05. The minimum Gasteiger partial charge on any atom is -0.339 e. The van der Waals surface area contributed by atoms with Crippen molar-refractivity contribution < 1.29 is 4.52 Å². The van der Waals surface area contributed by atoms with Gasteiger partial charge in [-0.1, -0.05) is 18.5 Å². The van der Waals surface area contributed by atoms with Crippen molar-refractivity contribution in [1.82, 2.24) is 20.4 Å². The SMILES string of the molecule is CCCNC1CCCC1c1nc(Cc2nc(C)cs2)no1. The van der Waals surface area contributed by atoms with Gasteiger partial charge in [-0.15, -0.1) is 11.3 Å². The molecule has 0 spiro atoms. The smallest absolute Gasteiger partial charge is 0.231 e. The van der Waals surface area contributed by atoms with Gasteiger partial charge in [0.15, 0.2) is 5.82 Å². The monoisotopic (exact) mass is 306 g/mol. The van der Waals surface area contributed by atoms with Gasteiger partial charge in [0, 0.05) is 17.1 Å².